The number of amides is 1. The average Bonchev–Trinajstić information content (AvgIpc) is 2.26. The normalized spacial score (nSPS) is 20.3. The molecule has 0 saturated carbocycles. The van der Waals surface area contributed by atoms with Crippen LogP contribution >= 0.6 is 0 Å². The van der Waals surface area contributed by atoms with Gasteiger partial charge in [-0.05, 0) is 18.8 Å². The van der Waals surface area contributed by atoms with Crippen molar-refractivity contribution in [1.82, 2.24) is 5.43 Å². The fourth-order valence-electron chi connectivity index (χ4n) is 1.62. The van der Waals surface area contributed by atoms with Crippen LogP contribution in [0.2, 0.25) is 0 Å². The number of carbonyl (C=O) groups excluding carboxylic acids is 1. The molecule has 0 aromatic carbocycles. The number of ether oxygens (including phenoxy) is 2. The van der Waals surface area contributed by atoms with Crippen LogP contribution in [0.5, 0.6) is 0 Å². The van der Waals surface area contributed by atoms with E-state index in [4.69, 9.17) is 15.3 Å². The maximum atomic E-state index is 11.4. The van der Waals surface area contributed by atoms with Crippen LogP contribution in [0.4, 0.5) is 0 Å². The summed E-state index contributed by atoms with van der Waals surface area (Å²) in [7, 11) is 0. The van der Waals surface area contributed by atoms with Gasteiger partial charge in [0.05, 0.1) is 6.10 Å². The fourth-order valence-corrected chi connectivity index (χ4v) is 1.62. The molecule has 1 aliphatic rings. The van der Waals surface area contributed by atoms with Crippen molar-refractivity contribution in [1.29, 1.82) is 0 Å². The van der Waals surface area contributed by atoms with Gasteiger partial charge in [-0.25, -0.2) is 5.84 Å². The van der Waals surface area contributed by atoms with Crippen molar-refractivity contribution in [2.75, 3.05) is 13.2 Å². The van der Waals surface area contributed by atoms with E-state index in [9.17, 15) is 4.79 Å². The van der Waals surface area contributed by atoms with Crippen molar-refractivity contribution < 1.29 is 14.3 Å². The highest BCUT2D eigenvalue weighted by molar-refractivity contribution is 5.80. The molecule has 0 spiro atoms. The minimum absolute atomic E-state index is 0.114. The predicted molar refractivity (Wildman–Crippen MR) is 55.9 cm³/mol. The predicted octanol–water partition coefficient (Wildman–Crippen LogP) is 0.197. The van der Waals surface area contributed by atoms with Crippen molar-refractivity contribution in [2.45, 2.75) is 38.9 Å². The zero-order chi connectivity index (χ0) is 11.3. The molecular formula is C10H20N2O3. The number of nitrogens with two attached hydrogens (primary N) is 1. The lowest BCUT2D eigenvalue weighted by atomic mass is 10.1. The number of hydrazine groups is 1. The van der Waals surface area contributed by atoms with Crippen molar-refractivity contribution >= 4 is 5.91 Å². The zero-order valence-corrected chi connectivity index (χ0v) is 9.36. The molecule has 3 N–H and O–H groups in total. The molecule has 1 rings (SSSR count). The second-order valence-corrected chi connectivity index (χ2v) is 4.12. The van der Waals surface area contributed by atoms with Crippen molar-refractivity contribution in [3.63, 3.8) is 0 Å². The maximum absolute atomic E-state index is 11.4. The number of carbonyl (C=O) groups is 1. The summed E-state index contributed by atoms with van der Waals surface area (Å²) < 4.78 is 11.0. The van der Waals surface area contributed by atoms with Gasteiger partial charge in [0.1, 0.15) is 6.10 Å². The number of hydrogen-bond acceptors (Lipinski definition) is 4. The molecule has 1 atom stereocenters. The van der Waals surface area contributed by atoms with E-state index in [0.717, 1.165) is 12.8 Å². The van der Waals surface area contributed by atoms with E-state index in [1.165, 1.54) is 0 Å². The molecule has 0 radical (unpaired) electrons. The Bertz CT molecular complexity index is 203. The van der Waals surface area contributed by atoms with Gasteiger partial charge in [-0.3, -0.25) is 10.2 Å². The Kier molecular flexibility index (Phi) is 5.01. The number of nitrogens with one attached hydrogen (secondary N) is 1. The lowest BCUT2D eigenvalue weighted by molar-refractivity contribution is -0.145. The van der Waals surface area contributed by atoms with Crippen molar-refractivity contribution in [3.8, 4) is 0 Å². The third-order valence-electron chi connectivity index (χ3n) is 2.51. The van der Waals surface area contributed by atoms with Gasteiger partial charge >= 0.3 is 0 Å². The summed E-state index contributed by atoms with van der Waals surface area (Å²) in [4.78, 5) is 11.4. The van der Waals surface area contributed by atoms with Crippen LogP contribution in [-0.2, 0) is 14.3 Å². The Morgan fingerprint density at radius 2 is 2.07 bits per heavy atom. The largest absolute Gasteiger partial charge is 0.381 e. The van der Waals surface area contributed by atoms with E-state index in [2.05, 4.69) is 5.43 Å². The molecule has 88 valence electrons. The summed E-state index contributed by atoms with van der Waals surface area (Å²) in [6.45, 7) is 5.30. The van der Waals surface area contributed by atoms with Crippen LogP contribution < -0.4 is 11.3 Å². The van der Waals surface area contributed by atoms with Crippen LogP contribution in [0, 0.1) is 5.92 Å². The molecule has 1 heterocycles. The van der Waals surface area contributed by atoms with Gasteiger partial charge in [0.2, 0.25) is 0 Å². The Labute approximate surface area is 90.3 Å². The summed E-state index contributed by atoms with van der Waals surface area (Å²) in [6.07, 6.45) is 1.35. The standard InChI is InChI=1S/C10H20N2O3/c1-7(2)9(10(13)12-11)15-8-3-5-14-6-4-8/h7-9H,3-6,11H2,1-2H3,(H,12,13). The SMILES string of the molecule is CC(C)C(OC1CCOCC1)C(=O)NN. The summed E-state index contributed by atoms with van der Waals surface area (Å²) in [5.74, 6) is 4.98. The first-order valence-electron chi connectivity index (χ1n) is 5.38. The quantitative estimate of drug-likeness (QED) is 0.400. The lowest BCUT2D eigenvalue weighted by Gasteiger charge is -2.28. The van der Waals surface area contributed by atoms with Gasteiger partial charge in [-0.15, -0.1) is 0 Å². The molecule has 0 aliphatic carbocycles. The first-order valence-corrected chi connectivity index (χ1v) is 5.38. The topological polar surface area (TPSA) is 73.6 Å². The number of rotatable bonds is 4. The van der Waals surface area contributed by atoms with Crippen molar-refractivity contribution in [2.24, 2.45) is 11.8 Å². The minimum Gasteiger partial charge on any atom is -0.381 e. The van der Waals surface area contributed by atoms with Crippen LogP contribution in [0.25, 0.3) is 0 Å². The molecule has 1 saturated heterocycles. The molecule has 1 unspecified atom stereocenters. The summed E-state index contributed by atoms with van der Waals surface area (Å²) in [5.41, 5.74) is 2.14. The maximum Gasteiger partial charge on any atom is 0.263 e. The third kappa shape index (κ3) is 3.77. The van der Waals surface area contributed by atoms with Gasteiger partial charge in [0.25, 0.3) is 5.91 Å². The van der Waals surface area contributed by atoms with Crippen LogP contribution in [0.3, 0.4) is 0 Å². The highest BCUT2D eigenvalue weighted by Gasteiger charge is 2.26. The summed E-state index contributed by atoms with van der Waals surface area (Å²) in [5, 5.41) is 0. The van der Waals surface area contributed by atoms with E-state index in [0.29, 0.717) is 13.2 Å². The summed E-state index contributed by atoms with van der Waals surface area (Å²) >= 11 is 0. The Balaban J connectivity index is 2.46. The van der Waals surface area contributed by atoms with Gasteiger partial charge in [0.15, 0.2) is 0 Å². The second kappa shape index (κ2) is 6.05. The summed E-state index contributed by atoms with van der Waals surface area (Å²) in [6, 6.07) is 0. The smallest absolute Gasteiger partial charge is 0.263 e. The first kappa shape index (κ1) is 12.4. The van der Waals surface area contributed by atoms with E-state index >= 15 is 0 Å². The molecule has 0 aromatic rings. The van der Waals surface area contributed by atoms with Gasteiger partial charge in [0, 0.05) is 13.2 Å². The average molecular weight is 216 g/mol. The lowest BCUT2D eigenvalue weighted by Crippen LogP contribution is -2.45. The van der Waals surface area contributed by atoms with E-state index in [-0.39, 0.29) is 17.9 Å². The highest BCUT2D eigenvalue weighted by Crippen LogP contribution is 2.16. The van der Waals surface area contributed by atoms with E-state index in [1.54, 1.807) is 0 Å². The molecule has 1 amide bonds. The van der Waals surface area contributed by atoms with E-state index in [1.807, 2.05) is 13.8 Å². The minimum atomic E-state index is -0.460. The molecule has 15 heavy (non-hydrogen) atoms. The highest BCUT2D eigenvalue weighted by atomic mass is 16.5. The monoisotopic (exact) mass is 216 g/mol. The Morgan fingerprint density at radius 3 is 2.53 bits per heavy atom. The molecule has 5 nitrogen and oxygen atoms in total. The Morgan fingerprint density at radius 1 is 1.47 bits per heavy atom. The van der Waals surface area contributed by atoms with Crippen LogP contribution in [0.15, 0.2) is 0 Å². The third-order valence-corrected chi connectivity index (χ3v) is 2.51. The van der Waals surface area contributed by atoms with Gasteiger partial charge < -0.3 is 9.47 Å². The van der Waals surface area contributed by atoms with Gasteiger partial charge in [-0.1, -0.05) is 13.8 Å². The molecule has 5 heteroatoms. The molecule has 0 aromatic heterocycles. The van der Waals surface area contributed by atoms with Crippen molar-refractivity contribution in [3.05, 3.63) is 0 Å². The molecule has 1 aliphatic heterocycles. The molecule has 1 fully saturated rings. The van der Waals surface area contributed by atoms with Crippen LogP contribution in [-0.4, -0.2) is 31.3 Å². The Hall–Kier alpha value is -0.650. The second-order valence-electron chi connectivity index (χ2n) is 4.12. The molecular weight excluding hydrogens is 196 g/mol. The fraction of sp³-hybridized carbons (Fsp3) is 0.900. The first-order chi connectivity index (χ1) is 7.15. The van der Waals surface area contributed by atoms with Gasteiger partial charge in [-0.2, -0.15) is 0 Å². The zero-order valence-electron chi connectivity index (χ0n) is 9.36. The van der Waals surface area contributed by atoms with E-state index < -0.39 is 6.10 Å². The van der Waals surface area contributed by atoms with Crippen LogP contribution in [0.1, 0.15) is 26.7 Å². The number of hydrogen-bond donors (Lipinski definition) is 2. The molecule has 0 bridgehead atoms.